The lowest BCUT2D eigenvalue weighted by atomic mass is 9.80. The van der Waals surface area contributed by atoms with E-state index < -0.39 is 0 Å². The van der Waals surface area contributed by atoms with Gasteiger partial charge in [-0.05, 0) is 43.9 Å². The number of hydrogen-bond donors (Lipinski definition) is 2. The second-order valence-corrected chi connectivity index (χ2v) is 4.86. The Hall–Kier alpha value is -1.22. The maximum atomic E-state index is 9.76. The first-order valence-electron chi connectivity index (χ1n) is 6.30. The third-order valence-corrected chi connectivity index (χ3v) is 3.76. The molecule has 1 aromatic carbocycles. The predicted molar refractivity (Wildman–Crippen MR) is 68.3 cm³/mol. The lowest BCUT2D eigenvalue weighted by Gasteiger charge is -2.32. The van der Waals surface area contributed by atoms with Gasteiger partial charge in [-0.3, -0.25) is 0 Å². The number of methoxy groups -OCH3 is 1. The van der Waals surface area contributed by atoms with Gasteiger partial charge in [-0.1, -0.05) is 6.42 Å². The van der Waals surface area contributed by atoms with Crippen LogP contribution in [0.15, 0.2) is 18.2 Å². The molecule has 1 aromatic rings. The highest BCUT2D eigenvalue weighted by molar-refractivity contribution is 5.39. The molecule has 0 heterocycles. The number of hydrogen-bond acceptors (Lipinski definition) is 3. The van der Waals surface area contributed by atoms with Crippen molar-refractivity contribution in [1.29, 1.82) is 0 Å². The maximum absolute atomic E-state index is 9.76. The molecule has 1 fully saturated rings. The normalized spacial score (nSPS) is 17.5. The number of phenolic OH excluding ortho intramolecular Hbond substituents is 1. The first-order chi connectivity index (χ1) is 8.20. The fourth-order valence-corrected chi connectivity index (χ4v) is 2.21. The minimum atomic E-state index is 0.333. The molecule has 0 bridgehead atoms. The molecule has 1 saturated carbocycles. The van der Waals surface area contributed by atoms with E-state index in [0.29, 0.717) is 18.3 Å². The van der Waals surface area contributed by atoms with Gasteiger partial charge in [0.25, 0.3) is 0 Å². The summed E-state index contributed by atoms with van der Waals surface area (Å²) in [6, 6.07) is 5.86. The molecule has 0 aliphatic heterocycles. The van der Waals surface area contributed by atoms with Crippen LogP contribution in [0.2, 0.25) is 0 Å². The van der Waals surface area contributed by atoms with Gasteiger partial charge in [0.2, 0.25) is 0 Å². The Kier molecular flexibility index (Phi) is 3.89. The molecular formula is C14H21NO2. The van der Waals surface area contributed by atoms with E-state index in [4.69, 9.17) is 4.74 Å². The summed E-state index contributed by atoms with van der Waals surface area (Å²) in [6.45, 7) is 2.92. The number of rotatable bonds is 5. The number of benzene rings is 1. The van der Waals surface area contributed by atoms with Crippen molar-refractivity contribution in [2.45, 2.75) is 38.8 Å². The van der Waals surface area contributed by atoms with E-state index in [1.165, 1.54) is 19.3 Å². The van der Waals surface area contributed by atoms with Gasteiger partial charge < -0.3 is 15.2 Å². The Morgan fingerprint density at radius 1 is 1.47 bits per heavy atom. The van der Waals surface area contributed by atoms with Crippen molar-refractivity contribution < 1.29 is 9.84 Å². The Bertz CT molecular complexity index is 374. The first kappa shape index (κ1) is 12.2. The number of ether oxygens (including phenoxy) is 1. The van der Waals surface area contributed by atoms with E-state index in [0.717, 1.165) is 17.2 Å². The average Bonchev–Trinajstić information content (AvgIpc) is 2.25. The van der Waals surface area contributed by atoms with E-state index >= 15 is 0 Å². The molecule has 1 atom stereocenters. The average molecular weight is 235 g/mol. The van der Waals surface area contributed by atoms with Crippen molar-refractivity contribution in [1.82, 2.24) is 5.32 Å². The topological polar surface area (TPSA) is 41.5 Å². The molecule has 2 N–H and O–H groups in total. The highest BCUT2D eigenvalue weighted by Gasteiger charge is 2.23. The minimum absolute atomic E-state index is 0.333. The fourth-order valence-electron chi connectivity index (χ4n) is 2.21. The second-order valence-electron chi connectivity index (χ2n) is 4.86. The SMILES string of the molecule is COc1ccc(O)c(CNC(C)C2CCC2)c1. The van der Waals surface area contributed by atoms with Gasteiger partial charge in [-0.25, -0.2) is 0 Å². The third-order valence-electron chi connectivity index (χ3n) is 3.76. The molecule has 1 unspecified atom stereocenters. The molecule has 1 aliphatic carbocycles. The summed E-state index contributed by atoms with van der Waals surface area (Å²) in [5.74, 6) is 1.93. The monoisotopic (exact) mass is 235 g/mol. The maximum Gasteiger partial charge on any atom is 0.120 e. The van der Waals surface area contributed by atoms with Gasteiger partial charge in [0.15, 0.2) is 0 Å². The van der Waals surface area contributed by atoms with Gasteiger partial charge in [0.05, 0.1) is 7.11 Å². The Morgan fingerprint density at radius 3 is 2.82 bits per heavy atom. The Labute approximate surface area is 103 Å². The van der Waals surface area contributed by atoms with Crippen molar-refractivity contribution >= 4 is 0 Å². The predicted octanol–water partition coefficient (Wildman–Crippen LogP) is 2.68. The van der Waals surface area contributed by atoms with Crippen LogP contribution in [-0.2, 0) is 6.54 Å². The van der Waals surface area contributed by atoms with E-state index in [9.17, 15) is 5.11 Å². The summed E-state index contributed by atoms with van der Waals surface area (Å²) in [5, 5.41) is 13.2. The molecule has 0 radical (unpaired) electrons. The van der Waals surface area contributed by atoms with Crippen LogP contribution in [0.1, 0.15) is 31.7 Å². The third kappa shape index (κ3) is 2.91. The zero-order valence-corrected chi connectivity index (χ0v) is 10.6. The number of phenols is 1. The molecule has 94 valence electrons. The highest BCUT2D eigenvalue weighted by Crippen LogP contribution is 2.30. The molecule has 0 amide bonds. The molecule has 0 spiro atoms. The molecule has 17 heavy (non-hydrogen) atoms. The number of nitrogens with one attached hydrogen (secondary N) is 1. The Balaban J connectivity index is 1.92. The van der Waals surface area contributed by atoms with Gasteiger partial charge in [-0.15, -0.1) is 0 Å². The van der Waals surface area contributed by atoms with Crippen LogP contribution < -0.4 is 10.1 Å². The lowest BCUT2D eigenvalue weighted by molar-refractivity contribution is 0.239. The van der Waals surface area contributed by atoms with Crippen LogP contribution in [-0.4, -0.2) is 18.3 Å². The molecule has 0 saturated heterocycles. The smallest absolute Gasteiger partial charge is 0.120 e. The minimum Gasteiger partial charge on any atom is -0.508 e. The quantitative estimate of drug-likeness (QED) is 0.824. The summed E-state index contributed by atoms with van der Waals surface area (Å²) in [4.78, 5) is 0. The lowest BCUT2D eigenvalue weighted by Crippen LogP contribution is -2.36. The highest BCUT2D eigenvalue weighted by atomic mass is 16.5. The summed E-state index contributed by atoms with van der Waals surface area (Å²) in [5.41, 5.74) is 0.899. The fraction of sp³-hybridized carbons (Fsp3) is 0.571. The standard InChI is InChI=1S/C14H21NO2/c1-10(11-4-3-5-11)15-9-12-8-13(17-2)6-7-14(12)16/h6-8,10-11,15-16H,3-5,9H2,1-2H3. The van der Waals surface area contributed by atoms with Crippen molar-refractivity contribution in [2.24, 2.45) is 5.92 Å². The van der Waals surface area contributed by atoms with E-state index in [-0.39, 0.29) is 0 Å². The molecular weight excluding hydrogens is 214 g/mol. The van der Waals surface area contributed by atoms with Crippen molar-refractivity contribution in [2.75, 3.05) is 7.11 Å². The van der Waals surface area contributed by atoms with Crippen LogP contribution in [0.5, 0.6) is 11.5 Å². The van der Waals surface area contributed by atoms with Gasteiger partial charge in [0, 0.05) is 18.2 Å². The van der Waals surface area contributed by atoms with Crippen molar-refractivity contribution in [3.8, 4) is 11.5 Å². The molecule has 2 rings (SSSR count). The van der Waals surface area contributed by atoms with Crippen LogP contribution in [0, 0.1) is 5.92 Å². The zero-order valence-electron chi connectivity index (χ0n) is 10.6. The van der Waals surface area contributed by atoms with Gasteiger partial charge in [-0.2, -0.15) is 0 Å². The summed E-state index contributed by atoms with van der Waals surface area (Å²) in [7, 11) is 1.64. The largest absolute Gasteiger partial charge is 0.508 e. The van der Waals surface area contributed by atoms with Crippen molar-refractivity contribution in [3.63, 3.8) is 0 Å². The second kappa shape index (κ2) is 5.41. The van der Waals surface area contributed by atoms with Crippen molar-refractivity contribution in [3.05, 3.63) is 23.8 Å². The van der Waals surface area contributed by atoms with Crippen LogP contribution in [0.3, 0.4) is 0 Å². The first-order valence-corrected chi connectivity index (χ1v) is 6.30. The van der Waals surface area contributed by atoms with Gasteiger partial charge >= 0.3 is 0 Å². The van der Waals surface area contributed by atoms with E-state index in [2.05, 4.69) is 12.2 Å². The van der Waals surface area contributed by atoms with Crippen LogP contribution in [0.25, 0.3) is 0 Å². The Morgan fingerprint density at radius 2 is 2.24 bits per heavy atom. The zero-order chi connectivity index (χ0) is 12.3. The molecule has 3 heteroatoms. The number of aromatic hydroxyl groups is 1. The molecule has 0 aromatic heterocycles. The van der Waals surface area contributed by atoms with Gasteiger partial charge in [0.1, 0.15) is 11.5 Å². The van der Waals surface area contributed by atoms with E-state index in [1.54, 1.807) is 19.2 Å². The molecule has 3 nitrogen and oxygen atoms in total. The van der Waals surface area contributed by atoms with Crippen LogP contribution >= 0.6 is 0 Å². The summed E-state index contributed by atoms with van der Waals surface area (Å²) >= 11 is 0. The summed E-state index contributed by atoms with van der Waals surface area (Å²) < 4.78 is 5.16. The van der Waals surface area contributed by atoms with E-state index in [1.807, 2.05) is 6.07 Å². The van der Waals surface area contributed by atoms with Crippen LogP contribution in [0.4, 0.5) is 0 Å². The molecule has 1 aliphatic rings. The summed E-state index contributed by atoms with van der Waals surface area (Å²) in [6.07, 6.45) is 4.03.